The summed E-state index contributed by atoms with van der Waals surface area (Å²) in [6.07, 6.45) is 0.112. The summed E-state index contributed by atoms with van der Waals surface area (Å²) in [5.74, 6) is 0.926. The molecule has 0 aliphatic rings. The molecule has 0 spiro atoms. The van der Waals surface area contributed by atoms with Gasteiger partial charge in [0, 0.05) is 27.2 Å². The van der Waals surface area contributed by atoms with Crippen molar-refractivity contribution < 1.29 is 4.74 Å². The summed E-state index contributed by atoms with van der Waals surface area (Å²) in [4.78, 5) is 6.90. The van der Waals surface area contributed by atoms with Gasteiger partial charge in [0.1, 0.15) is 0 Å². The Kier molecular flexibility index (Phi) is 7.18. The van der Waals surface area contributed by atoms with E-state index in [0.717, 1.165) is 19.0 Å². The molecule has 1 heterocycles. The Morgan fingerprint density at radius 1 is 1.48 bits per heavy atom. The number of ether oxygens (including phenoxy) is 1. The lowest BCUT2D eigenvalue weighted by Gasteiger charge is -2.29. The van der Waals surface area contributed by atoms with E-state index in [-0.39, 0.29) is 11.5 Å². The quantitative estimate of drug-likeness (QED) is 0.647. The van der Waals surface area contributed by atoms with Crippen LogP contribution in [0.3, 0.4) is 0 Å². The molecule has 5 heteroatoms. The zero-order valence-corrected chi connectivity index (χ0v) is 15.0. The van der Waals surface area contributed by atoms with E-state index < -0.39 is 0 Å². The van der Waals surface area contributed by atoms with Crippen molar-refractivity contribution in [3.05, 3.63) is 22.4 Å². The summed E-state index contributed by atoms with van der Waals surface area (Å²) in [6, 6.07) is 2.15. The molecule has 1 unspecified atom stereocenters. The van der Waals surface area contributed by atoms with E-state index >= 15 is 0 Å². The van der Waals surface area contributed by atoms with Crippen molar-refractivity contribution in [3.8, 4) is 0 Å². The minimum absolute atomic E-state index is 0.0848. The van der Waals surface area contributed by atoms with Crippen LogP contribution in [0.4, 0.5) is 0 Å². The first kappa shape index (κ1) is 18.0. The lowest BCUT2D eigenvalue weighted by Crippen LogP contribution is -2.40. The molecule has 0 saturated carbocycles. The Morgan fingerprint density at radius 2 is 2.19 bits per heavy atom. The highest BCUT2D eigenvalue weighted by Crippen LogP contribution is 2.22. The molecular weight excluding hydrogens is 282 g/mol. The zero-order chi connectivity index (χ0) is 15.9. The molecule has 0 aromatic carbocycles. The van der Waals surface area contributed by atoms with Crippen molar-refractivity contribution in [1.82, 2.24) is 10.2 Å². The van der Waals surface area contributed by atoms with Crippen LogP contribution in [0.1, 0.15) is 33.3 Å². The SMILES string of the molecule is CCNC(=NCC(OC)C(C)(C)C)N(C)Cc1ccsc1. The van der Waals surface area contributed by atoms with Crippen molar-refractivity contribution in [3.63, 3.8) is 0 Å². The molecule has 4 nitrogen and oxygen atoms in total. The lowest BCUT2D eigenvalue weighted by atomic mass is 9.89. The summed E-state index contributed by atoms with van der Waals surface area (Å²) in [7, 11) is 3.82. The van der Waals surface area contributed by atoms with E-state index in [0.29, 0.717) is 6.54 Å². The third-order valence-electron chi connectivity index (χ3n) is 3.35. The largest absolute Gasteiger partial charge is 0.379 e. The molecule has 0 fully saturated rings. The predicted octanol–water partition coefficient (Wildman–Crippen LogP) is 3.21. The van der Waals surface area contributed by atoms with Gasteiger partial charge in [0.05, 0.1) is 12.6 Å². The number of nitrogens with one attached hydrogen (secondary N) is 1. The van der Waals surface area contributed by atoms with Gasteiger partial charge in [-0.2, -0.15) is 11.3 Å². The maximum absolute atomic E-state index is 5.58. The minimum atomic E-state index is 0.0848. The third kappa shape index (κ3) is 6.06. The van der Waals surface area contributed by atoms with Crippen LogP contribution in [-0.2, 0) is 11.3 Å². The highest BCUT2D eigenvalue weighted by molar-refractivity contribution is 7.07. The molecule has 120 valence electrons. The highest BCUT2D eigenvalue weighted by atomic mass is 32.1. The van der Waals surface area contributed by atoms with Gasteiger partial charge in [-0.05, 0) is 34.7 Å². The summed E-state index contributed by atoms with van der Waals surface area (Å²) >= 11 is 1.72. The van der Waals surface area contributed by atoms with Crippen LogP contribution in [0.5, 0.6) is 0 Å². The number of nitrogens with zero attached hydrogens (tertiary/aromatic N) is 2. The fraction of sp³-hybridized carbons (Fsp3) is 0.688. The average molecular weight is 311 g/mol. The van der Waals surface area contributed by atoms with Crippen molar-refractivity contribution >= 4 is 17.3 Å². The van der Waals surface area contributed by atoms with E-state index in [4.69, 9.17) is 9.73 Å². The zero-order valence-electron chi connectivity index (χ0n) is 14.1. The maximum Gasteiger partial charge on any atom is 0.194 e. The van der Waals surface area contributed by atoms with E-state index in [1.54, 1.807) is 18.4 Å². The summed E-state index contributed by atoms with van der Waals surface area (Å²) < 4.78 is 5.58. The van der Waals surface area contributed by atoms with Crippen LogP contribution in [0.25, 0.3) is 0 Å². The topological polar surface area (TPSA) is 36.9 Å². The van der Waals surface area contributed by atoms with Gasteiger partial charge < -0.3 is 15.0 Å². The summed E-state index contributed by atoms with van der Waals surface area (Å²) in [6.45, 7) is 11.0. The molecule has 1 atom stereocenters. The smallest absolute Gasteiger partial charge is 0.194 e. The lowest BCUT2D eigenvalue weighted by molar-refractivity contribution is 0.0240. The third-order valence-corrected chi connectivity index (χ3v) is 4.09. The Bertz CT molecular complexity index is 423. The Balaban J connectivity index is 2.72. The van der Waals surface area contributed by atoms with Crippen LogP contribution in [-0.4, -0.2) is 44.2 Å². The van der Waals surface area contributed by atoms with Crippen LogP contribution in [0, 0.1) is 5.41 Å². The second-order valence-corrected chi connectivity index (χ2v) is 7.05. The van der Waals surface area contributed by atoms with Crippen LogP contribution in [0.15, 0.2) is 21.8 Å². The van der Waals surface area contributed by atoms with E-state index in [1.165, 1.54) is 5.56 Å². The van der Waals surface area contributed by atoms with E-state index in [9.17, 15) is 0 Å². The monoisotopic (exact) mass is 311 g/mol. The van der Waals surface area contributed by atoms with Crippen molar-refractivity contribution in [1.29, 1.82) is 0 Å². The molecule has 0 aliphatic carbocycles. The Hall–Kier alpha value is -1.07. The van der Waals surface area contributed by atoms with E-state index in [2.05, 4.69) is 61.8 Å². The molecule has 1 aromatic heterocycles. The molecule has 21 heavy (non-hydrogen) atoms. The molecule has 0 aliphatic heterocycles. The van der Waals surface area contributed by atoms with Gasteiger partial charge in [0.15, 0.2) is 5.96 Å². The van der Waals surface area contributed by atoms with Gasteiger partial charge in [0.25, 0.3) is 0 Å². The van der Waals surface area contributed by atoms with Gasteiger partial charge >= 0.3 is 0 Å². The van der Waals surface area contributed by atoms with Gasteiger partial charge in [-0.3, -0.25) is 4.99 Å². The second-order valence-electron chi connectivity index (χ2n) is 6.27. The maximum atomic E-state index is 5.58. The molecule has 0 bridgehead atoms. The molecule has 0 radical (unpaired) electrons. The summed E-state index contributed by atoms with van der Waals surface area (Å²) in [5.41, 5.74) is 1.40. The van der Waals surface area contributed by atoms with Gasteiger partial charge in [-0.1, -0.05) is 20.8 Å². The number of rotatable bonds is 6. The molecule has 0 saturated heterocycles. The number of aliphatic imine (C=N–C) groups is 1. The van der Waals surface area contributed by atoms with Crippen molar-refractivity contribution in [2.75, 3.05) is 27.2 Å². The molecule has 1 N–H and O–H groups in total. The van der Waals surface area contributed by atoms with Crippen molar-refractivity contribution in [2.24, 2.45) is 10.4 Å². The first-order valence-electron chi connectivity index (χ1n) is 7.41. The fourth-order valence-electron chi connectivity index (χ4n) is 2.07. The van der Waals surface area contributed by atoms with Crippen LogP contribution >= 0.6 is 11.3 Å². The average Bonchev–Trinajstić information content (AvgIpc) is 2.89. The van der Waals surface area contributed by atoms with Gasteiger partial charge in [-0.15, -0.1) is 0 Å². The fourth-order valence-corrected chi connectivity index (χ4v) is 2.73. The predicted molar refractivity (Wildman–Crippen MR) is 92.0 cm³/mol. The van der Waals surface area contributed by atoms with Gasteiger partial charge in [-0.25, -0.2) is 0 Å². The number of thiophene rings is 1. The van der Waals surface area contributed by atoms with Gasteiger partial charge in [0.2, 0.25) is 0 Å². The normalized spacial score (nSPS) is 14.1. The molecule has 1 aromatic rings. The Morgan fingerprint density at radius 3 is 2.67 bits per heavy atom. The second kappa shape index (κ2) is 8.39. The van der Waals surface area contributed by atoms with Crippen molar-refractivity contribution in [2.45, 2.75) is 40.3 Å². The number of hydrogen-bond acceptors (Lipinski definition) is 3. The standard InChI is InChI=1S/C16H29N3OS/c1-7-17-15(18-10-14(20-6)16(2,3)4)19(5)11-13-8-9-21-12-13/h8-9,12,14H,7,10-11H2,1-6H3,(H,17,18). The number of methoxy groups -OCH3 is 1. The van der Waals surface area contributed by atoms with E-state index in [1.807, 2.05) is 0 Å². The molecular formula is C16H29N3OS. The highest BCUT2D eigenvalue weighted by Gasteiger charge is 2.24. The number of guanidine groups is 1. The Labute approximate surface area is 133 Å². The number of hydrogen-bond donors (Lipinski definition) is 1. The minimum Gasteiger partial charge on any atom is -0.379 e. The molecule has 0 amide bonds. The first-order chi connectivity index (χ1) is 9.88. The van der Waals surface area contributed by atoms with Crippen LogP contribution < -0.4 is 5.32 Å². The molecule has 1 rings (SSSR count). The first-order valence-corrected chi connectivity index (χ1v) is 8.36. The van der Waals surface area contributed by atoms with Crippen LogP contribution in [0.2, 0.25) is 0 Å². The summed E-state index contributed by atoms with van der Waals surface area (Å²) in [5, 5.41) is 7.63.